The van der Waals surface area contributed by atoms with Gasteiger partial charge in [-0.15, -0.1) is 0 Å². The van der Waals surface area contributed by atoms with Gasteiger partial charge in [-0.3, -0.25) is 9.36 Å². The van der Waals surface area contributed by atoms with Crippen molar-refractivity contribution in [3.05, 3.63) is 92.7 Å². The van der Waals surface area contributed by atoms with Crippen LogP contribution >= 0.6 is 11.6 Å². The lowest BCUT2D eigenvalue weighted by Gasteiger charge is -2.35. The van der Waals surface area contributed by atoms with Crippen LogP contribution in [0.3, 0.4) is 0 Å². The van der Waals surface area contributed by atoms with E-state index in [1.807, 2.05) is 44.2 Å². The molecule has 240 valence electrons. The third-order valence-electron chi connectivity index (χ3n) is 7.13. The third kappa shape index (κ3) is 8.02. The minimum absolute atomic E-state index is 0.176. The number of aryl methyl sites for hydroxylation is 1. The number of ether oxygens (including phenoxy) is 2. The summed E-state index contributed by atoms with van der Waals surface area (Å²) in [5.41, 5.74) is 0.982. The number of halogens is 1. The number of alkyl carbamates (subject to hydrolysis) is 1. The molecule has 0 radical (unpaired) electrons. The van der Waals surface area contributed by atoms with E-state index in [9.17, 15) is 14.4 Å². The van der Waals surface area contributed by atoms with Gasteiger partial charge in [0.2, 0.25) is 0 Å². The van der Waals surface area contributed by atoms with Crippen molar-refractivity contribution in [2.75, 3.05) is 20.2 Å². The fourth-order valence-corrected chi connectivity index (χ4v) is 5.23. The number of benzene rings is 2. The average Bonchev–Trinajstić information content (AvgIpc) is 3.28. The number of methoxy groups -OCH3 is 1. The fraction of sp³-hybridized carbons (Fsp3) is 0.424. The molecule has 0 spiro atoms. The van der Waals surface area contributed by atoms with Gasteiger partial charge in [0.05, 0.1) is 25.4 Å². The molecule has 2 aromatic carbocycles. The number of rotatable bonds is 11. The van der Waals surface area contributed by atoms with Crippen molar-refractivity contribution in [3.63, 3.8) is 0 Å². The van der Waals surface area contributed by atoms with E-state index in [1.54, 1.807) is 68.5 Å². The van der Waals surface area contributed by atoms with Crippen LogP contribution in [-0.4, -0.2) is 61.9 Å². The summed E-state index contributed by atoms with van der Waals surface area (Å²) in [7, 11) is 1.56. The average molecular weight is 637 g/mol. The monoisotopic (exact) mass is 636 g/mol. The van der Waals surface area contributed by atoms with Gasteiger partial charge in [-0.1, -0.05) is 55.8 Å². The topological polar surface area (TPSA) is 120 Å². The standard InChI is InChI=1S/C33H41ClN6O5/c1-21(2)27(29-36-28-26(34)22(3)37-40(28)32(43)39(29)20-23-12-9-8-10-13-23)38(19-11-18-35-31(42)45-33(4,5)6)30(41)24-14-16-25(44-7)17-15-24/h8-10,12-17,21,27H,11,18-20H2,1-7H3,(H,35,42). The van der Waals surface area contributed by atoms with Crippen molar-refractivity contribution in [1.29, 1.82) is 0 Å². The van der Waals surface area contributed by atoms with Gasteiger partial charge in [0.25, 0.3) is 5.91 Å². The summed E-state index contributed by atoms with van der Waals surface area (Å²) < 4.78 is 13.4. The molecule has 2 heterocycles. The molecule has 0 aliphatic heterocycles. The Labute approximate surface area is 268 Å². The predicted octanol–water partition coefficient (Wildman–Crippen LogP) is 5.66. The first kappa shape index (κ1) is 33.5. The molecule has 45 heavy (non-hydrogen) atoms. The quantitative estimate of drug-likeness (QED) is 0.211. The van der Waals surface area contributed by atoms with Crippen molar-refractivity contribution < 1.29 is 19.1 Å². The summed E-state index contributed by atoms with van der Waals surface area (Å²) in [5, 5.41) is 7.39. The number of nitrogens with one attached hydrogen (secondary N) is 1. The lowest BCUT2D eigenvalue weighted by atomic mass is 9.99. The number of carbonyl (C=O) groups is 2. The summed E-state index contributed by atoms with van der Waals surface area (Å²) in [4.78, 5) is 47.2. The second-order valence-electron chi connectivity index (χ2n) is 12.2. The zero-order chi connectivity index (χ0) is 32.9. The Hall–Kier alpha value is -4.38. The second kappa shape index (κ2) is 14.2. The molecule has 11 nitrogen and oxygen atoms in total. The highest BCUT2D eigenvalue weighted by molar-refractivity contribution is 6.34. The van der Waals surface area contributed by atoms with Crippen LogP contribution in [0, 0.1) is 12.8 Å². The van der Waals surface area contributed by atoms with Crippen molar-refractivity contribution in [2.24, 2.45) is 5.92 Å². The second-order valence-corrected chi connectivity index (χ2v) is 12.5. The first-order chi connectivity index (χ1) is 21.3. The fourth-order valence-electron chi connectivity index (χ4n) is 5.07. The van der Waals surface area contributed by atoms with Crippen LogP contribution in [0.1, 0.15) is 74.5 Å². The molecule has 4 rings (SSSR count). The Morgan fingerprint density at radius 2 is 1.73 bits per heavy atom. The Kier molecular flexibility index (Phi) is 10.5. The molecule has 4 aromatic rings. The Bertz CT molecular complexity index is 1690. The van der Waals surface area contributed by atoms with E-state index in [0.29, 0.717) is 29.3 Å². The molecule has 0 aliphatic carbocycles. The van der Waals surface area contributed by atoms with E-state index in [-0.39, 0.29) is 42.1 Å². The molecule has 2 amide bonds. The van der Waals surface area contributed by atoms with E-state index in [1.165, 1.54) is 4.52 Å². The Morgan fingerprint density at radius 1 is 1.07 bits per heavy atom. The minimum atomic E-state index is -0.645. The van der Waals surface area contributed by atoms with Crippen LogP contribution in [0.5, 0.6) is 5.75 Å². The first-order valence-electron chi connectivity index (χ1n) is 14.9. The molecule has 0 saturated carbocycles. The van der Waals surface area contributed by atoms with Gasteiger partial charge in [0.15, 0.2) is 5.65 Å². The smallest absolute Gasteiger partial charge is 0.407 e. The summed E-state index contributed by atoms with van der Waals surface area (Å²) >= 11 is 6.59. The largest absolute Gasteiger partial charge is 0.497 e. The van der Waals surface area contributed by atoms with Crippen LogP contribution in [0.2, 0.25) is 5.02 Å². The first-order valence-corrected chi connectivity index (χ1v) is 15.3. The van der Waals surface area contributed by atoms with Gasteiger partial charge in [-0.25, -0.2) is 14.6 Å². The molecule has 0 saturated heterocycles. The van der Waals surface area contributed by atoms with E-state index in [4.69, 9.17) is 26.1 Å². The number of hydrogen-bond acceptors (Lipinski definition) is 7. The molecule has 1 unspecified atom stereocenters. The summed E-state index contributed by atoms with van der Waals surface area (Å²) in [6, 6.07) is 15.8. The van der Waals surface area contributed by atoms with Crippen molar-refractivity contribution in [1.82, 2.24) is 29.4 Å². The highest BCUT2D eigenvalue weighted by Gasteiger charge is 2.33. The Morgan fingerprint density at radius 3 is 2.33 bits per heavy atom. The number of amides is 2. The maximum atomic E-state index is 14.3. The number of nitrogens with zero attached hydrogens (tertiary/aromatic N) is 5. The number of carbonyl (C=O) groups excluding carboxylic acids is 2. The lowest BCUT2D eigenvalue weighted by Crippen LogP contribution is -2.43. The minimum Gasteiger partial charge on any atom is -0.497 e. The highest BCUT2D eigenvalue weighted by Crippen LogP contribution is 2.31. The highest BCUT2D eigenvalue weighted by atomic mass is 35.5. The zero-order valence-electron chi connectivity index (χ0n) is 26.8. The predicted molar refractivity (Wildman–Crippen MR) is 173 cm³/mol. The van der Waals surface area contributed by atoms with Gasteiger partial charge in [0, 0.05) is 18.7 Å². The van der Waals surface area contributed by atoms with Crippen LogP contribution in [0.4, 0.5) is 4.79 Å². The molecule has 12 heteroatoms. The number of aromatic nitrogens is 4. The molecule has 1 N–H and O–H groups in total. The lowest BCUT2D eigenvalue weighted by molar-refractivity contribution is 0.0519. The summed E-state index contributed by atoms with van der Waals surface area (Å²) in [6.45, 7) is 11.8. The maximum absolute atomic E-state index is 14.3. The van der Waals surface area contributed by atoms with E-state index in [0.717, 1.165) is 5.56 Å². The summed E-state index contributed by atoms with van der Waals surface area (Å²) in [5.74, 6) is 0.569. The molecule has 1 atom stereocenters. The van der Waals surface area contributed by atoms with Gasteiger partial charge in [-0.2, -0.15) is 9.61 Å². The van der Waals surface area contributed by atoms with E-state index < -0.39 is 23.4 Å². The summed E-state index contributed by atoms with van der Waals surface area (Å²) in [6.07, 6.45) is -0.118. The number of hydrogen-bond donors (Lipinski definition) is 1. The molecule has 0 fully saturated rings. The third-order valence-corrected chi connectivity index (χ3v) is 7.57. The van der Waals surface area contributed by atoms with Crippen LogP contribution in [0.25, 0.3) is 5.65 Å². The zero-order valence-corrected chi connectivity index (χ0v) is 27.6. The van der Waals surface area contributed by atoms with Gasteiger partial charge >= 0.3 is 11.8 Å². The van der Waals surface area contributed by atoms with Crippen LogP contribution < -0.4 is 15.7 Å². The normalized spacial score (nSPS) is 12.3. The van der Waals surface area contributed by atoms with Crippen LogP contribution in [-0.2, 0) is 11.3 Å². The van der Waals surface area contributed by atoms with E-state index in [2.05, 4.69) is 10.4 Å². The number of fused-ring (bicyclic) bond motifs is 1. The van der Waals surface area contributed by atoms with Crippen molar-refractivity contribution in [2.45, 2.75) is 66.2 Å². The SMILES string of the molecule is COc1ccc(C(=O)N(CCCNC(=O)OC(C)(C)C)C(c2nc3c(Cl)c(C)nn3c(=O)n2Cc2ccccc2)C(C)C)cc1. The van der Waals surface area contributed by atoms with Crippen molar-refractivity contribution >= 4 is 29.2 Å². The Balaban J connectivity index is 1.81. The van der Waals surface area contributed by atoms with Gasteiger partial charge in [0.1, 0.15) is 22.2 Å². The maximum Gasteiger partial charge on any atom is 0.407 e. The van der Waals surface area contributed by atoms with E-state index >= 15 is 0 Å². The van der Waals surface area contributed by atoms with Gasteiger partial charge < -0.3 is 19.7 Å². The molecule has 0 aliphatic rings. The van der Waals surface area contributed by atoms with Crippen molar-refractivity contribution in [3.8, 4) is 5.75 Å². The van der Waals surface area contributed by atoms with Crippen LogP contribution in [0.15, 0.2) is 59.4 Å². The molecular weight excluding hydrogens is 596 g/mol. The van der Waals surface area contributed by atoms with Gasteiger partial charge in [-0.05, 0) is 69.9 Å². The molecule has 2 aromatic heterocycles. The molecular formula is C33H41ClN6O5. The molecule has 0 bridgehead atoms.